The van der Waals surface area contributed by atoms with Gasteiger partial charge in [0.2, 0.25) is 5.91 Å². The third-order valence-electron chi connectivity index (χ3n) is 4.26. The van der Waals surface area contributed by atoms with Crippen molar-refractivity contribution < 1.29 is 4.79 Å². The Hall–Kier alpha value is -1.88. The average Bonchev–Trinajstić information content (AvgIpc) is 3.11. The lowest BCUT2D eigenvalue weighted by molar-refractivity contribution is -0.126. The summed E-state index contributed by atoms with van der Waals surface area (Å²) in [6.45, 7) is 4.48. The van der Waals surface area contributed by atoms with Gasteiger partial charge in [-0.1, -0.05) is 12.1 Å². The highest BCUT2D eigenvalue weighted by Crippen LogP contribution is 2.18. The highest BCUT2D eigenvalue weighted by atomic mass is 16.2. The molecule has 2 aromatic rings. The quantitative estimate of drug-likeness (QED) is 0.822. The number of aromatic nitrogens is 2. The van der Waals surface area contributed by atoms with E-state index in [4.69, 9.17) is 0 Å². The van der Waals surface area contributed by atoms with Gasteiger partial charge in [0.15, 0.2) is 0 Å². The molecule has 1 saturated heterocycles. The number of nitrogens with one attached hydrogen (secondary N) is 2. The fraction of sp³-hybridized carbons (Fsp3) is 0.500. The van der Waals surface area contributed by atoms with Gasteiger partial charge >= 0.3 is 0 Å². The summed E-state index contributed by atoms with van der Waals surface area (Å²) < 4.78 is 2.14. The van der Waals surface area contributed by atoms with E-state index in [1.807, 2.05) is 31.5 Å². The van der Waals surface area contributed by atoms with Crippen LogP contribution in [-0.2, 0) is 11.3 Å². The van der Waals surface area contributed by atoms with Gasteiger partial charge < -0.3 is 15.2 Å². The van der Waals surface area contributed by atoms with E-state index in [-0.39, 0.29) is 11.4 Å². The van der Waals surface area contributed by atoms with E-state index in [1.165, 1.54) is 0 Å². The van der Waals surface area contributed by atoms with Crippen molar-refractivity contribution in [3.63, 3.8) is 0 Å². The highest BCUT2D eigenvalue weighted by molar-refractivity contribution is 5.86. The largest absolute Gasteiger partial charge is 0.354 e. The van der Waals surface area contributed by atoms with Gasteiger partial charge in [0, 0.05) is 13.1 Å². The van der Waals surface area contributed by atoms with Crippen LogP contribution in [0.4, 0.5) is 0 Å². The van der Waals surface area contributed by atoms with Crippen LogP contribution >= 0.6 is 0 Å². The van der Waals surface area contributed by atoms with Crippen molar-refractivity contribution in [1.29, 1.82) is 0 Å². The summed E-state index contributed by atoms with van der Waals surface area (Å²) in [7, 11) is 0. The number of amides is 1. The van der Waals surface area contributed by atoms with E-state index in [2.05, 4.69) is 26.3 Å². The number of carbonyl (C=O) groups excluding carboxylic acids is 1. The number of benzene rings is 1. The molecule has 2 heterocycles. The molecule has 2 N–H and O–H groups in total. The number of rotatable bonds is 5. The summed E-state index contributed by atoms with van der Waals surface area (Å²) in [6, 6.07) is 8.11. The minimum atomic E-state index is -0.373. The first-order chi connectivity index (χ1) is 10.2. The average molecular weight is 286 g/mol. The lowest BCUT2D eigenvalue weighted by Crippen LogP contribution is -2.51. The van der Waals surface area contributed by atoms with Crippen LogP contribution in [-0.4, -0.2) is 34.1 Å². The molecule has 1 unspecified atom stereocenters. The van der Waals surface area contributed by atoms with Crippen molar-refractivity contribution in [1.82, 2.24) is 20.2 Å². The van der Waals surface area contributed by atoms with E-state index >= 15 is 0 Å². The fourth-order valence-electron chi connectivity index (χ4n) is 2.92. The Morgan fingerprint density at radius 2 is 2.33 bits per heavy atom. The summed E-state index contributed by atoms with van der Waals surface area (Å²) in [4.78, 5) is 16.5. The molecule has 0 bridgehead atoms. The molecule has 1 atom stereocenters. The Morgan fingerprint density at radius 3 is 3.14 bits per heavy atom. The first-order valence-electron chi connectivity index (χ1n) is 7.62. The third kappa shape index (κ3) is 2.93. The van der Waals surface area contributed by atoms with E-state index < -0.39 is 0 Å². The predicted molar refractivity (Wildman–Crippen MR) is 83.0 cm³/mol. The van der Waals surface area contributed by atoms with Crippen LogP contribution in [0, 0.1) is 0 Å². The molecular weight excluding hydrogens is 264 g/mol. The van der Waals surface area contributed by atoms with Gasteiger partial charge in [-0.25, -0.2) is 4.98 Å². The summed E-state index contributed by atoms with van der Waals surface area (Å²) in [5.74, 6) is 0.121. The SMILES string of the molecule is CC1(C(=O)NCCCn2cnc3ccccc32)CCCN1. The first kappa shape index (κ1) is 14.1. The van der Waals surface area contributed by atoms with Gasteiger partial charge in [0.25, 0.3) is 0 Å². The number of fused-ring (bicyclic) bond motifs is 1. The molecule has 1 aromatic heterocycles. The molecule has 3 rings (SSSR count). The lowest BCUT2D eigenvalue weighted by atomic mass is 9.99. The molecule has 112 valence electrons. The van der Waals surface area contributed by atoms with Gasteiger partial charge in [0.1, 0.15) is 0 Å². The molecule has 0 spiro atoms. The van der Waals surface area contributed by atoms with Crippen molar-refractivity contribution >= 4 is 16.9 Å². The topological polar surface area (TPSA) is 59.0 Å². The number of nitrogens with zero attached hydrogens (tertiary/aromatic N) is 2. The van der Waals surface area contributed by atoms with Crippen LogP contribution in [0.15, 0.2) is 30.6 Å². The van der Waals surface area contributed by atoms with Gasteiger partial charge in [-0.05, 0) is 44.9 Å². The maximum Gasteiger partial charge on any atom is 0.240 e. The van der Waals surface area contributed by atoms with Crippen molar-refractivity contribution in [3.8, 4) is 0 Å². The summed E-state index contributed by atoms with van der Waals surface area (Å²) in [6.07, 6.45) is 4.77. The van der Waals surface area contributed by atoms with E-state index in [0.717, 1.165) is 43.4 Å². The van der Waals surface area contributed by atoms with Gasteiger partial charge in [-0.15, -0.1) is 0 Å². The van der Waals surface area contributed by atoms with Crippen molar-refractivity contribution in [2.45, 2.75) is 38.3 Å². The molecule has 0 aliphatic carbocycles. The Morgan fingerprint density at radius 1 is 1.48 bits per heavy atom. The van der Waals surface area contributed by atoms with E-state index in [9.17, 15) is 4.79 Å². The molecule has 1 aromatic carbocycles. The molecule has 5 nitrogen and oxygen atoms in total. The molecule has 5 heteroatoms. The normalized spacial score (nSPS) is 21.8. The van der Waals surface area contributed by atoms with Crippen LogP contribution in [0.25, 0.3) is 11.0 Å². The van der Waals surface area contributed by atoms with Crippen LogP contribution < -0.4 is 10.6 Å². The molecule has 1 aliphatic heterocycles. The van der Waals surface area contributed by atoms with Gasteiger partial charge in [-0.2, -0.15) is 0 Å². The van der Waals surface area contributed by atoms with Crippen LogP contribution in [0.2, 0.25) is 0 Å². The summed E-state index contributed by atoms with van der Waals surface area (Å²) in [5.41, 5.74) is 1.79. The fourth-order valence-corrected chi connectivity index (χ4v) is 2.92. The van der Waals surface area contributed by atoms with Gasteiger partial charge in [0.05, 0.1) is 22.9 Å². The molecule has 1 fully saturated rings. The zero-order chi connectivity index (χ0) is 14.7. The lowest BCUT2D eigenvalue weighted by Gasteiger charge is -2.23. The molecule has 21 heavy (non-hydrogen) atoms. The molecule has 1 amide bonds. The maximum absolute atomic E-state index is 12.1. The Balaban J connectivity index is 1.49. The number of hydrogen-bond acceptors (Lipinski definition) is 3. The summed E-state index contributed by atoms with van der Waals surface area (Å²) in [5, 5.41) is 6.32. The molecule has 1 aliphatic rings. The zero-order valence-corrected chi connectivity index (χ0v) is 12.4. The predicted octanol–water partition coefficient (Wildman–Crippen LogP) is 1.68. The second kappa shape index (κ2) is 5.85. The zero-order valence-electron chi connectivity index (χ0n) is 12.4. The van der Waals surface area contributed by atoms with Crippen LogP contribution in [0.3, 0.4) is 0 Å². The number of aryl methyl sites for hydroxylation is 1. The standard InChI is InChI=1S/C16H22N4O/c1-16(8-4-10-19-16)15(21)17-9-5-11-20-12-18-13-6-2-3-7-14(13)20/h2-3,6-7,12,19H,4-5,8-11H2,1H3,(H,17,21). The van der Waals surface area contributed by atoms with Crippen LogP contribution in [0.5, 0.6) is 0 Å². The van der Waals surface area contributed by atoms with Gasteiger partial charge in [-0.3, -0.25) is 4.79 Å². The Bertz CT molecular complexity index is 628. The Kier molecular flexibility index (Phi) is 3.92. The van der Waals surface area contributed by atoms with E-state index in [1.54, 1.807) is 0 Å². The minimum absolute atomic E-state index is 0.121. The third-order valence-corrected chi connectivity index (χ3v) is 4.26. The Labute approximate surface area is 124 Å². The number of carbonyl (C=O) groups is 1. The van der Waals surface area contributed by atoms with Crippen molar-refractivity contribution in [3.05, 3.63) is 30.6 Å². The molecular formula is C16H22N4O. The minimum Gasteiger partial charge on any atom is -0.354 e. The maximum atomic E-state index is 12.1. The van der Waals surface area contributed by atoms with Crippen LogP contribution in [0.1, 0.15) is 26.2 Å². The molecule has 0 saturated carbocycles. The monoisotopic (exact) mass is 286 g/mol. The van der Waals surface area contributed by atoms with Crippen molar-refractivity contribution in [2.24, 2.45) is 0 Å². The number of imidazole rings is 1. The second-order valence-corrected chi connectivity index (χ2v) is 5.90. The number of hydrogen-bond donors (Lipinski definition) is 2. The van der Waals surface area contributed by atoms with Crippen molar-refractivity contribution in [2.75, 3.05) is 13.1 Å². The molecule has 0 radical (unpaired) electrons. The summed E-state index contributed by atoms with van der Waals surface area (Å²) >= 11 is 0. The number of para-hydroxylation sites is 2. The first-order valence-corrected chi connectivity index (χ1v) is 7.62. The van der Waals surface area contributed by atoms with E-state index in [0.29, 0.717) is 6.54 Å². The highest BCUT2D eigenvalue weighted by Gasteiger charge is 2.35. The smallest absolute Gasteiger partial charge is 0.240 e. The second-order valence-electron chi connectivity index (χ2n) is 5.90.